The second-order valence-corrected chi connectivity index (χ2v) is 5.98. The maximum absolute atomic E-state index is 12.2. The van der Waals surface area contributed by atoms with E-state index >= 15 is 0 Å². The average Bonchev–Trinajstić information content (AvgIpc) is 3.09. The molecule has 3 rings (SSSR count). The van der Waals surface area contributed by atoms with Gasteiger partial charge < -0.3 is 19.4 Å². The standard InChI is InChI=1S/C16H20N4O3/c1-19(15(21)13-6-10-23-18-13)11-16(22)7-4-9-20(12-16)14-5-2-3-8-17-14/h2-3,5-6,8,10,22H,4,7,9,11-12H2,1H3/t16-/m1/s1. The van der Waals surface area contributed by atoms with Crippen molar-refractivity contribution < 1.29 is 14.4 Å². The molecule has 23 heavy (non-hydrogen) atoms. The first-order valence-electron chi connectivity index (χ1n) is 7.62. The number of aliphatic hydroxyl groups is 1. The Morgan fingerprint density at radius 2 is 2.35 bits per heavy atom. The lowest BCUT2D eigenvalue weighted by Gasteiger charge is -2.41. The van der Waals surface area contributed by atoms with Crippen molar-refractivity contribution in [3.63, 3.8) is 0 Å². The monoisotopic (exact) mass is 316 g/mol. The van der Waals surface area contributed by atoms with Gasteiger partial charge in [-0.25, -0.2) is 4.98 Å². The lowest BCUT2D eigenvalue weighted by Crippen LogP contribution is -2.54. The van der Waals surface area contributed by atoms with Crippen LogP contribution in [-0.2, 0) is 0 Å². The fourth-order valence-electron chi connectivity index (χ4n) is 3.01. The van der Waals surface area contributed by atoms with Crippen LogP contribution in [0, 0.1) is 0 Å². The van der Waals surface area contributed by atoms with Gasteiger partial charge in [-0.05, 0) is 25.0 Å². The largest absolute Gasteiger partial charge is 0.386 e. The van der Waals surface area contributed by atoms with Crippen molar-refractivity contribution in [1.82, 2.24) is 15.0 Å². The summed E-state index contributed by atoms with van der Waals surface area (Å²) in [6.45, 7) is 1.53. The quantitative estimate of drug-likeness (QED) is 0.912. The minimum Gasteiger partial charge on any atom is -0.386 e. The van der Waals surface area contributed by atoms with Crippen molar-refractivity contribution in [2.24, 2.45) is 0 Å². The van der Waals surface area contributed by atoms with Crippen LogP contribution in [0.5, 0.6) is 0 Å². The molecule has 2 aromatic rings. The third-order valence-electron chi connectivity index (χ3n) is 4.06. The lowest BCUT2D eigenvalue weighted by atomic mass is 9.92. The summed E-state index contributed by atoms with van der Waals surface area (Å²) in [6.07, 6.45) is 4.59. The highest BCUT2D eigenvalue weighted by Crippen LogP contribution is 2.25. The molecule has 7 nitrogen and oxygen atoms in total. The number of rotatable bonds is 4. The van der Waals surface area contributed by atoms with Crippen LogP contribution < -0.4 is 4.90 Å². The summed E-state index contributed by atoms with van der Waals surface area (Å²) >= 11 is 0. The van der Waals surface area contributed by atoms with Crippen LogP contribution in [0.4, 0.5) is 5.82 Å². The van der Waals surface area contributed by atoms with Gasteiger partial charge in [-0.1, -0.05) is 11.2 Å². The van der Waals surface area contributed by atoms with E-state index in [2.05, 4.69) is 15.0 Å². The topological polar surface area (TPSA) is 82.7 Å². The number of hydrogen-bond acceptors (Lipinski definition) is 6. The Morgan fingerprint density at radius 1 is 1.48 bits per heavy atom. The van der Waals surface area contributed by atoms with Gasteiger partial charge in [0.1, 0.15) is 12.1 Å². The minimum atomic E-state index is -0.968. The number of amides is 1. The van der Waals surface area contributed by atoms with Crippen molar-refractivity contribution in [2.75, 3.05) is 31.6 Å². The predicted octanol–water partition coefficient (Wildman–Crippen LogP) is 1.17. The number of aromatic nitrogens is 2. The molecule has 0 saturated carbocycles. The summed E-state index contributed by atoms with van der Waals surface area (Å²) in [6, 6.07) is 7.24. The van der Waals surface area contributed by atoms with Crippen LogP contribution in [0.25, 0.3) is 0 Å². The Labute approximate surface area is 134 Å². The van der Waals surface area contributed by atoms with Crippen molar-refractivity contribution in [3.05, 3.63) is 42.4 Å². The van der Waals surface area contributed by atoms with Crippen LogP contribution in [0.3, 0.4) is 0 Å². The molecular formula is C16H20N4O3. The van der Waals surface area contributed by atoms with Gasteiger partial charge in [0, 0.05) is 32.4 Å². The second kappa shape index (κ2) is 6.37. The summed E-state index contributed by atoms with van der Waals surface area (Å²) in [7, 11) is 1.66. The number of pyridine rings is 1. The smallest absolute Gasteiger partial charge is 0.275 e. The number of anilines is 1. The number of carbonyl (C=O) groups is 1. The molecule has 0 aliphatic carbocycles. The molecule has 0 unspecified atom stereocenters. The third-order valence-corrected chi connectivity index (χ3v) is 4.06. The van der Waals surface area contributed by atoms with Gasteiger partial charge >= 0.3 is 0 Å². The SMILES string of the molecule is CN(C[C@]1(O)CCCN(c2ccccn2)C1)C(=O)c1ccon1. The minimum absolute atomic E-state index is 0.238. The maximum atomic E-state index is 12.2. The number of β-amino-alcohol motifs (C(OH)–C–C–N with tert-alkyl or cyclic N) is 1. The molecule has 1 atom stereocenters. The summed E-state index contributed by atoms with van der Waals surface area (Å²) in [5.41, 5.74) is -0.724. The van der Waals surface area contributed by atoms with Gasteiger partial charge in [0.05, 0.1) is 12.1 Å². The second-order valence-electron chi connectivity index (χ2n) is 5.98. The van der Waals surface area contributed by atoms with E-state index in [1.54, 1.807) is 13.2 Å². The van der Waals surface area contributed by atoms with E-state index in [9.17, 15) is 9.90 Å². The molecule has 122 valence electrons. The van der Waals surface area contributed by atoms with Gasteiger partial charge in [-0.15, -0.1) is 0 Å². The van der Waals surface area contributed by atoms with Crippen LogP contribution in [-0.4, -0.2) is 58.3 Å². The van der Waals surface area contributed by atoms with Gasteiger partial charge in [0.25, 0.3) is 5.91 Å². The average molecular weight is 316 g/mol. The summed E-state index contributed by atoms with van der Waals surface area (Å²) in [4.78, 5) is 20.1. The Hall–Kier alpha value is -2.41. The summed E-state index contributed by atoms with van der Waals surface area (Å²) < 4.78 is 4.70. The lowest BCUT2D eigenvalue weighted by molar-refractivity contribution is -0.000375. The molecule has 1 aliphatic heterocycles. The number of carbonyl (C=O) groups excluding carboxylic acids is 1. The van der Waals surface area contributed by atoms with E-state index in [0.29, 0.717) is 13.0 Å². The van der Waals surface area contributed by atoms with Crippen LogP contribution in [0.1, 0.15) is 23.3 Å². The van der Waals surface area contributed by atoms with Crippen molar-refractivity contribution in [1.29, 1.82) is 0 Å². The number of nitrogens with zero attached hydrogens (tertiary/aromatic N) is 4. The van der Waals surface area contributed by atoms with E-state index in [4.69, 9.17) is 4.52 Å². The Morgan fingerprint density at radius 3 is 3.04 bits per heavy atom. The van der Waals surface area contributed by atoms with E-state index in [1.165, 1.54) is 17.2 Å². The highest BCUT2D eigenvalue weighted by atomic mass is 16.5. The first kappa shape index (κ1) is 15.5. The van der Waals surface area contributed by atoms with Gasteiger partial charge in [-0.3, -0.25) is 4.79 Å². The molecular weight excluding hydrogens is 296 g/mol. The molecule has 1 aliphatic rings. The molecule has 0 spiro atoms. The summed E-state index contributed by atoms with van der Waals surface area (Å²) in [5, 5.41) is 14.6. The Bertz CT molecular complexity index is 647. The van der Waals surface area contributed by atoms with Crippen molar-refractivity contribution in [2.45, 2.75) is 18.4 Å². The van der Waals surface area contributed by atoms with Crippen molar-refractivity contribution >= 4 is 11.7 Å². The van der Waals surface area contributed by atoms with Crippen LogP contribution >= 0.6 is 0 Å². The van der Waals surface area contributed by atoms with E-state index in [-0.39, 0.29) is 18.1 Å². The summed E-state index contributed by atoms with van der Waals surface area (Å²) in [5.74, 6) is 0.582. The zero-order chi connectivity index (χ0) is 16.3. The van der Waals surface area contributed by atoms with Crippen LogP contribution in [0.2, 0.25) is 0 Å². The highest BCUT2D eigenvalue weighted by molar-refractivity contribution is 5.91. The van der Waals surface area contributed by atoms with Gasteiger partial charge in [0.15, 0.2) is 5.69 Å². The Balaban J connectivity index is 1.67. The van der Waals surface area contributed by atoms with E-state index < -0.39 is 5.60 Å². The predicted molar refractivity (Wildman–Crippen MR) is 84.1 cm³/mol. The number of piperidine rings is 1. The highest BCUT2D eigenvalue weighted by Gasteiger charge is 2.36. The van der Waals surface area contributed by atoms with Crippen molar-refractivity contribution in [3.8, 4) is 0 Å². The molecule has 0 radical (unpaired) electrons. The zero-order valence-electron chi connectivity index (χ0n) is 13.1. The fraction of sp³-hybridized carbons (Fsp3) is 0.438. The molecule has 7 heteroatoms. The maximum Gasteiger partial charge on any atom is 0.275 e. The molecule has 1 N–H and O–H groups in total. The molecule has 0 aromatic carbocycles. The van der Waals surface area contributed by atoms with Gasteiger partial charge in [0.2, 0.25) is 0 Å². The molecule has 1 amide bonds. The number of likely N-dealkylation sites (N-methyl/N-ethyl adjacent to an activating group) is 1. The number of hydrogen-bond donors (Lipinski definition) is 1. The van der Waals surface area contributed by atoms with Gasteiger partial charge in [-0.2, -0.15) is 0 Å². The normalized spacial score (nSPS) is 21.2. The first-order chi connectivity index (χ1) is 11.1. The first-order valence-corrected chi connectivity index (χ1v) is 7.62. The molecule has 1 saturated heterocycles. The third kappa shape index (κ3) is 3.50. The Kier molecular flexibility index (Phi) is 4.29. The molecule has 2 aromatic heterocycles. The zero-order valence-corrected chi connectivity index (χ0v) is 13.1. The molecule has 1 fully saturated rings. The van der Waals surface area contributed by atoms with Crippen LogP contribution in [0.15, 0.2) is 41.2 Å². The van der Waals surface area contributed by atoms with E-state index in [0.717, 1.165) is 18.8 Å². The molecule has 0 bridgehead atoms. The van der Waals surface area contributed by atoms with E-state index in [1.807, 2.05) is 18.2 Å². The fourth-order valence-corrected chi connectivity index (χ4v) is 3.01. The molecule has 3 heterocycles.